The van der Waals surface area contributed by atoms with Crippen LogP contribution in [0.1, 0.15) is 32.1 Å². The molecule has 11 heteroatoms. The molecule has 7 nitrogen and oxygen atoms in total. The van der Waals surface area contributed by atoms with Crippen molar-refractivity contribution in [1.82, 2.24) is 9.36 Å². The Morgan fingerprint density at radius 3 is 2.61 bits per heavy atom. The Kier molecular flexibility index (Phi) is 9.29. The molecule has 28 heavy (non-hydrogen) atoms. The third kappa shape index (κ3) is 7.16. The van der Waals surface area contributed by atoms with Crippen LogP contribution in [-0.2, 0) is 9.59 Å². The maximum atomic E-state index is 14.1. The highest BCUT2D eigenvalue weighted by molar-refractivity contribution is 8.00. The lowest BCUT2D eigenvalue weighted by Gasteiger charge is -2.25. The van der Waals surface area contributed by atoms with Gasteiger partial charge in [-0.1, -0.05) is 0 Å². The van der Waals surface area contributed by atoms with Gasteiger partial charge in [0.2, 0.25) is 5.13 Å². The van der Waals surface area contributed by atoms with Gasteiger partial charge in [0.25, 0.3) is 0 Å². The summed E-state index contributed by atoms with van der Waals surface area (Å²) >= 11 is 2.09. The van der Waals surface area contributed by atoms with Crippen molar-refractivity contribution >= 4 is 34.8 Å². The number of halogens is 2. The first kappa shape index (κ1) is 22.2. The van der Waals surface area contributed by atoms with Crippen LogP contribution in [0.15, 0.2) is 23.4 Å². The number of anilines is 1. The highest BCUT2D eigenvalue weighted by atomic mass is 32.2. The molecule has 0 atom stereocenters. The number of ether oxygens (including phenoxy) is 1. The second-order valence-corrected chi connectivity index (χ2v) is 7.79. The Morgan fingerprint density at radius 1 is 1.25 bits per heavy atom. The third-order valence-corrected chi connectivity index (χ3v) is 5.81. The summed E-state index contributed by atoms with van der Waals surface area (Å²) in [5.74, 6) is -0.611. The fourth-order valence-corrected chi connectivity index (χ4v) is 3.96. The summed E-state index contributed by atoms with van der Waals surface area (Å²) in [6.07, 6.45) is 6.69. The summed E-state index contributed by atoms with van der Waals surface area (Å²) in [6.45, 7) is 0.381. The van der Waals surface area contributed by atoms with Crippen LogP contribution < -0.4 is 15.2 Å². The highest BCUT2D eigenvalue weighted by Gasteiger charge is 2.19. The zero-order valence-electron chi connectivity index (χ0n) is 14.9. The number of hydrogen-bond acceptors (Lipinski definition) is 9. The molecule has 0 radical (unpaired) electrons. The number of nitrogens with two attached hydrogens (primary N) is 1. The number of hydrogen-bond donors (Lipinski definition) is 2. The molecule has 0 amide bonds. The van der Waals surface area contributed by atoms with Gasteiger partial charge in [0.1, 0.15) is 12.1 Å². The number of nitrogens with zero attached hydrogens (tertiary/aromatic N) is 2. The molecular weight excluding hydrogens is 410 g/mol. The molecule has 1 aromatic carbocycles. The molecule has 0 aliphatic heterocycles. The lowest BCUT2D eigenvalue weighted by molar-refractivity contribution is -0.191. The van der Waals surface area contributed by atoms with Crippen molar-refractivity contribution in [1.29, 1.82) is 0 Å². The van der Waals surface area contributed by atoms with Crippen LogP contribution in [0.5, 0.6) is 5.75 Å². The maximum Gasteiger partial charge on any atom is 0.373 e. The van der Waals surface area contributed by atoms with E-state index in [4.69, 9.17) is 20.1 Å². The predicted octanol–water partition coefficient (Wildman–Crippen LogP) is 3.64. The van der Waals surface area contributed by atoms with Crippen molar-refractivity contribution < 1.29 is 23.1 Å². The Balaban J connectivity index is 0.000000878. The van der Waals surface area contributed by atoms with Gasteiger partial charge in [0, 0.05) is 23.6 Å². The van der Waals surface area contributed by atoms with Crippen LogP contribution in [0.25, 0.3) is 0 Å². The predicted molar refractivity (Wildman–Crippen MR) is 101 cm³/mol. The fourth-order valence-electron chi connectivity index (χ4n) is 2.83. The second kappa shape index (κ2) is 11.7. The average Bonchev–Trinajstić information content (AvgIpc) is 3.19. The first-order valence-corrected chi connectivity index (χ1v) is 10.2. The molecule has 0 bridgehead atoms. The van der Waals surface area contributed by atoms with Gasteiger partial charge in [0.05, 0.1) is 11.5 Å². The summed E-state index contributed by atoms with van der Waals surface area (Å²) in [6, 6.07) is 2.53. The molecule has 2 aromatic rings. The van der Waals surface area contributed by atoms with Crippen LogP contribution >= 0.6 is 23.5 Å². The zero-order chi connectivity index (χ0) is 20.4. The van der Waals surface area contributed by atoms with E-state index in [-0.39, 0.29) is 16.8 Å². The Morgan fingerprint density at radius 2 is 1.96 bits per heavy atom. The van der Waals surface area contributed by atoms with E-state index >= 15 is 0 Å². The van der Waals surface area contributed by atoms with Gasteiger partial charge >= 0.3 is 6.15 Å². The first-order valence-electron chi connectivity index (χ1n) is 8.59. The highest BCUT2D eigenvalue weighted by Crippen LogP contribution is 2.30. The van der Waals surface area contributed by atoms with Crippen molar-refractivity contribution in [2.24, 2.45) is 11.7 Å². The van der Waals surface area contributed by atoms with Gasteiger partial charge < -0.3 is 15.2 Å². The molecule has 1 fully saturated rings. The van der Waals surface area contributed by atoms with Crippen LogP contribution in [-0.4, -0.2) is 28.2 Å². The van der Waals surface area contributed by atoms with Gasteiger partial charge in [-0.15, -0.1) is 0 Å². The molecule has 3 N–H and O–H groups in total. The second-order valence-electron chi connectivity index (χ2n) is 6.16. The van der Waals surface area contributed by atoms with Crippen molar-refractivity contribution in [2.75, 3.05) is 11.3 Å². The lowest BCUT2D eigenvalue weighted by atomic mass is 9.85. The van der Waals surface area contributed by atoms with E-state index < -0.39 is 11.6 Å². The number of carbonyl (C=O) groups excluding carboxylic acids is 2. The molecular formula is C17H20F2N4O3S2. The standard InChI is InChI=1S/C16H20F2N4OS2.CO2/c17-12-8-15(24-22-16-20-9-21-25-16)13(18)7-14(12)23-6-5-10-1-3-11(19)4-2-10;2-1-3/h7-11H,1-6,19H2,(H,20,21,22);. The topological polar surface area (TPSA) is 107 Å². The van der Waals surface area contributed by atoms with Gasteiger partial charge in [-0.05, 0) is 56.0 Å². The van der Waals surface area contributed by atoms with E-state index in [9.17, 15) is 8.78 Å². The zero-order valence-corrected chi connectivity index (χ0v) is 16.5. The smallest absolute Gasteiger partial charge is 0.373 e. The van der Waals surface area contributed by atoms with E-state index in [2.05, 4.69) is 14.1 Å². The monoisotopic (exact) mass is 430 g/mol. The fraction of sp³-hybridized carbons (Fsp3) is 0.471. The summed E-state index contributed by atoms with van der Waals surface area (Å²) in [5, 5.41) is 0.525. The van der Waals surface area contributed by atoms with Gasteiger partial charge in [-0.25, -0.2) is 13.8 Å². The van der Waals surface area contributed by atoms with Crippen LogP contribution in [0.4, 0.5) is 13.9 Å². The minimum absolute atomic E-state index is 0.0507. The van der Waals surface area contributed by atoms with Crippen molar-refractivity contribution in [3.63, 3.8) is 0 Å². The Bertz CT molecular complexity index is 766. The molecule has 3 rings (SSSR count). The van der Waals surface area contributed by atoms with Crippen LogP contribution in [0, 0.1) is 17.6 Å². The molecule has 0 saturated heterocycles. The molecule has 1 aliphatic carbocycles. The summed E-state index contributed by atoms with van der Waals surface area (Å²) in [7, 11) is 0. The van der Waals surface area contributed by atoms with E-state index in [0.717, 1.165) is 67.7 Å². The van der Waals surface area contributed by atoms with Gasteiger partial charge in [-0.2, -0.15) is 14.0 Å². The normalized spacial score (nSPS) is 18.5. The van der Waals surface area contributed by atoms with Crippen molar-refractivity contribution in [3.05, 3.63) is 30.1 Å². The number of benzene rings is 1. The number of nitrogens with one attached hydrogen (secondary N) is 1. The molecule has 0 spiro atoms. The number of rotatable bonds is 7. The Hall–Kier alpha value is -2.07. The lowest BCUT2D eigenvalue weighted by Crippen LogP contribution is -2.27. The SMILES string of the molecule is NC1CCC(CCOc2cc(F)c(SNc3ncns3)cc2F)CC1.O=C=O. The average molecular weight is 431 g/mol. The maximum absolute atomic E-state index is 14.1. The van der Waals surface area contributed by atoms with Gasteiger partial charge in [-0.3, -0.25) is 0 Å². The molecule has 152 valence electrons. The van der Waals surface area contributed by atoms with E-state index in [1.165, 1.54) is 6.33 Å². The molecule has 1 saturated carbocycles. The van der Waals surface area contributed by atoms with Gasteiger partial charge in [0.15, 0.2) is 11.6 Å². The molecule has 0 unspecified atom stereocenters. The van der Waals surface area contributed by atoms with Crippen LogP contribution in [0.2, 0.25) is 0 Å². The van der Waals surface area contributed by atoms with Crippen molar-refractivity contribution in [2.45, 2.75) is 43.0 Å². The third-order valence-electron chi connectivity index (χ3n) is 4.27. The molecule has 1 heterocycles. The van der Waals surface area contributed by atoms with E-state index in [1.807, 2.05) is 0 Å². The molecule has 1 aromatic heterocycles. The molecule has 1 aliphatic rings. The first-order chi connectivity index (χ1) is 13.5. The summed E-state index contributed by atoms with van der Waals surface area (Å²) in [5.41, 5.74) is 5.89. The number of aromatic nitrogens is 2. The van der Waals surface area contributed by atoms with Crippen LogP contribution in [0.3, 0.4) is 0 Å². The quantitative estimate of drug-likeness (QED) is 0.641. The minimum Gasteiger partial charge on any atom is -0.490 e. The van der Waals surface area contributed by atoms with Crippen molar-refractivity contribution in [3.8, 4) is 5.75 Å². The largest absolute Gasteiger partial charge is 0.490 e. The summed E-state index contributed by atoms with van der Waals surface area (Å²) in [4.78, 5) is 20.3. The Labute approximate surface area is 169 Å². The van der Waals surface area contributed by atoms with E-state index in [1.54, 1.807) is 0 Å². The van der Waals surface area contributed by atoms with E-state index in [0.29, 0.717) is 23.7 Å². The minimum atomic E-state index is -0.575. The summed E-state index contributed by atoms with van der Waals surface area (Å²) < 4.78 is 40.4.